The minimum Gasteiger partial charge on any atom is -0.465 e. The van der Waals surface area contributed by atoms with Gasteiger partial charge < -0.3 is 15.4 Å². The molecule has 0 saturated heterocycles. The molecule has 0 atom stereocenters. The van der Waals surface area contributed by atoms with Crippen molar-refractivity contribution in [2.75, 3.05) is 17.7 Å². The van der Waals surface area contributed by atoms with Gasteiger partial charge in [-0.05, 0) is 42.5 Å². The van der Waals surface area contributed by atoms with Gasteiger partial charge in [0.05, 0.1) is 29.1 Å². The second-order valence-corrected chi connectivity index (χ2v) is 5.49. The molecule has 0 bridgehead atoms. The third-order valence-electron chi connectivity index (χ3n) is 2.76. The first-order chi connectivity index (χ1) is 10.5. The molecule has 0 unspecified atom stereocenters. The lowest BCUT2D eigenvalue weighted by molar-refractivity contribution is 0.0602. The van der Waals surface area contributed by atoms with Gasteiger partial charge in [0.25, 0.3) is 0 Å². The molecular formula is C15H12Cl2N2O2S. The largest absolute Gasteiger partial charge is 0.465 e. The van der Waals surface area contributed by atoms with E-state index < -0.39 is 5.97 Å². The van der Waals surface area contributed by atoms with E-state index in [4.69, 9.17) is 40.2 Å². The predicted molar refractivity (Wildman–Crippen MR) is 94.1 cm³/mol. The number of ether oxygens (including phenoxy) is 1. The van der Waals surface area contributed by atoms with E-state index in [0.29, 0.717) is 27.0 Å². The van der Waals surface area contributed by atoms with Crippen LogP contribution in [0.4, 0.5) is 11.4 Å². The molecule has 0 aliphatic rings. The van der Waals surface area contributed by atoms with Gasteiger partial charge in [0.2, 0.25) is 0 Å². The summed E-state index contributed by atoms with van der Waals surface area (Å²) in [7, 11) is 1.32. The summed E-state index contributed by atoms with van der Waals surface area (Å²) in [5, 5.41) is 7.17. The van der Waals surface area contributed by atoms with E-state index in [1.54, 1.807) is 42.5 Å². The standard InChI is InChI=1S/C15H12Cl2N2O2S/c1-21-14(20)10-4-2-3-5-12(10)18-15(22)19-13-8-9(16)6-7-11(13)17/h2-8H,1H3,(H2,18,19,22). The first-order valence-corrected chi connectivity index (χ1v) is 7.38. The van der Waals surface area contributed by atoms with Crippen molar-refractivity contribution in [3.63, 3.8) is 0 Å². The fourth-order valence-corrected chi connectivity index (χ4v) is 2.31. The van der Waals surface area contributed by atoms with Gasteiger partial charge in [-0.1, -0.05) is 35.3 Å². The first kappa shape index (κ1) is 16.5. The van der Waals surface area contributed by atoms with Crippen LogP contribution in [0, 0.1) is 0 Å². The highest BCUT2D eigenvalue weighted by Crippen LogP contribution is 2.26. The van der Waals surface area contributed by atoms with Crippen molar-refractivity contribution in [2.45, 2.75) is 0 Å². The summed E-state index contributed by atoms with van der Waals surface area (Å²) in [5.41, 5.74) is 1.48. The Morgan fingerprint density at radius 3 is 2.50 bits per heavy atom. The summed E-state index contributed by atoms with van der Waals surface area (Å²) in [5.74, 6) is -0.452. The van der Waals surface area contributed by atoms with E-state index >= 15 is 0 Å². The van der Waals surface area contributed by atoms with Crippen LogP contribution in [0.15, 0.2) is 42.5 Å². The summed E-state index contributed by atoms with van der Waals surface area (Å²) < 4.78 is 4.73. The van der Waals surface area contributed by atoms with Crippen LogP contribution in [-0.4, -0.2) is 18.2 Å². The summed E-state index contributed by atoms with van der Waals surface area (Å²) in [6.45, 7) is 0. The molecule has 0 amide bonds. The molecule has 4 nitrogen and oxygen atoms in total. The van der Waals surface area contributed by atoms with Gasteiger partial charge >= 0.3 is 5.97 Å². The number of anilines is 2. The van der Waals surface area contributed by atoms with E-state index in [2.05, 4.69) is 10.6 Å². The number of nitrogens with one attached hydrogen (secondary N) is 2. The van der Waals surface area contributed by atoms with Gasteiger partial charge in [-0.3, -0.25) is 0 Å². The highest BCUT2D eigenvalue weighted by Gasteiger charge is 2.12. The molecule has 114 valence electrons. The predicted octanol–water partition coefficient (Wildman–Crippen LogP) is 4.59. The van der Waals surface area contributed by atoms with Crippen LogP contribution in [0.1, 0.15) is 10.4 Å². The topological polar surface area (TPSA) is 50.4 Å². The molecule has 0 aromatic heterocycles. The molecule has 2 aromatic rings. The monoisotopic (exact) mass is 354 g/mol. The average Bonchev–Trinajstić information content (AvgIpc) is 2.50. The molecule has 0 spiro atoms. The second kappa shape index (κ2) is 7.45. The van der Waals surface area contributed by atoms with Crippen molar-refractivity contribution in [3.8, 4) is 0 Å². The smallest absolute Gasteiger partial charge is 0.339 e. The van der Waals surface area contributed by atoms with Gasteiger partial charge in [0.1, 0.15) is 0 Å². The number of methoxy groups -OCH3 is 1. The maximum absolute atomic E-state index is 11.7. The van der Waals surface area contributed by atoms with Gasteiger partial charge in [0.15, 0.2) is 5.11 Å². The Labute approximate surface area is 143 Å². The fourth-order valence-electron chi connectivity index (χ4n) is 1.75. The number of thiocarbonyl (C=S) groups is 1. The Morgan fingerprint density at radius 1 is 1.09 bits per heavy atom. The number of halogens is 2. The Morgan fingerprint density at radius 2 is 1.77 bits per heavy atom. The van der Waals surface area contributed by atoms with Gasteiger partial charge in [0, 0.05) is 5.02 Å². The van der Waals surface area contributed by atoms with Crippen LogP contribution in [-0.2, 0) is 4.74 Å². The zero-order chi connectivity index (χ0) is 16.1. The third kappa shape index (κ3) is 4.10. The molecule has 0 aliphatic carbocycles. The van der Waals surface area contributed by atoms with Crippen molar-refractivity contribution < 1.29 is 9.53 Å². The Balaban J connectivity index is 2.16. The van der Waals surface area contributed by atoms with Gasteiger partial charge in [-0.15, -0.1) is 0 Å². The lowest BCUT2D eigenvalue weighted by Crippen LogP contribution is -2.21. The molecule has 7 heteroatoms. The van der Waals surface area contributed by atoms with Gasteiger partial charge in [-0.2, -0.15) is 0 Å². The molecule has 22 heavy (non-hydrogen) atoms. The van der Waals surface area contributed by atoms with Crippen LogP contribution >= 0.6 is 35.4 Å². The highest BCUT2D eigenvalue weighted by molar-refractivity contribution is 7.80. The van der Waals surface area contributed by atoms with Crippen LogP contribution in [0.25, 0.3) is 0 Å². The van der Waals surface area contributed by atoms with Crippen LogP contribution in [0.5, 0.6) is 0 Å². The summed E-state index contributed by atoms with van der Waals surface area (Å²) in [6, 6.07) is 11.9. The van der Waals surface area contributed by atoms with E-state index in [0.717, 1.165) is 0 Å². The number of hydrogen-bond donors (Lipinski definition) is 2. The first-order valence-electron chi connectivity index (χ1n) is 6.21. The number of hydrogen-bond acceptors (Lipinski definition) is 3. The Hall–Kier alpha value is -1.82. The van der Waals surface area contributed by atoms with Crippen LogP contribution in [0.3, 0.4) is 0 Å². The Kier molecular flexibility index (Phi) is 5.60. The number of carbonyl (C=O) groups is 1. The zero-order valence-electron chi connectivity index (χ0n) is 11.5. The lowest BCUT2D eigenvalue weighted by atomic mass is 10.2. The molecule has 0 radical (unpaired) electrons. The van der Waals surface area contributed by atoms with Crippen molar-refractivity contribution in [1.82, 2.24) is 0 Å². The average molecular weight is 355 g/mol. The number of rotatable bonds is 3. The lowest BCUT2D eigenvalue weighted by Gasteiger charge is -2.14. The minimum atomic E-state index is -0.452. The summed E-state index contributed by atoms with van der Waals surface area (Å²) in [6.07, 6.45) is 0. The molecule has 2 N–H and O–H groups in total. The SMILES string of the molecule is COC(=O)c1ccccc1NC(=S)Nc1cc(Cl)ccc1Cl. The van der Waals surface area contributed by atoms with Crippen molar-refractivity contribution in [3.05, 3.63) is 58.1 Å². The van der Waals surface area contributed by atoms with Crippen LogP contribution < -0.4 is 10.6 Å². The maximum Gasteiger partial charge on any atom is 0.339 e. The normalized spacial score (nSPS) is 9.95. The van der Waals surface area contributed by atoms with E-state index in [1.165, 1.54) is 7.11 Å². The molecular weight excluding hydrogens is 343 g/mol. The van der Waals surface area contributed by atoms with E-state index in [-0.39, 0.29) is 5.11 Å². The third-order valence-corrected chi connectivity index (χ3v) is 3.53. The number of esters is 1. The summed E-state index contributed by atoms with van der Waals surface area (Å²) in [4.78, 5) is 11.7. The molecule has 0 aliphatic heterocycles. The molecule has 0 fully saturated rings. The quantitative estimate of drug-likeness (QED) is 0.623. The maximum atomic E-state index is 11.7. The summed E-state index contributed by atoms with van der Waals surface area (Å²) >= 11 is 17.2. The molecule has 0 saturated carbocycles. The van der Waals surface area contributed by atoms with E-state index in [9.17, 15) is 4.79 Å². The minimum absolute atomic E-state index is 0.278. The fraction of sp³-hybridized carbons (Fsp3) is 0.0667. The van der Waals surface area contributed by atoms with E-state index in [1.807, 2.05) is 0 Å². The second-order valence-electron chi connectivity index (χ2n) is 4.24. The highest BCUT2D eigenvalue weighted by atomic mass is 35.5. The zero-order valence-corrected chi connectivity index (χ0v) is 13.9. The van der Waals surface area contributed by atoms with Crippen molar-refractivity contribution in [2.24, 2.45) is 0 Å². The number of para-hydroxylation sites is 1. The van der Waals surface area contributed by atoms with Crippen molar-refractivity contribution in [1.29, 1.82) is 0 Å². The van der Waals surface area contributed by atoms with Gasteiger partial charge in [-0.25, -0.2) is 4.79 Å². The molecule has 0 heterocycles. The molecule has 2 rings (SSSR count). The number of carbonyl (C=O) groups excluding carboxylic acids is 1. The molecule has 2 aromatic carbocycles. The Bertz CT molecular complexity index is 722. The number of benzene rings is 2. The van der Waals surface area contributed by atoms with Crippen molar-refractivity contribution >= 4 is 57.9 Å². The van der Waals surface area contributed by atoms with Crippen LogP contribution in [0.2, 0.25) is 10.0 Å².